The predicted molar refractivity (Wildman–Crippen MR) is 5.75 cm³/mol. The van der Waals surface area contributed by atoms with Crippen LogP contribution in [0.1, 0.15) is 0 Å². The van der Waals surface area contributed by atoms with Gasteiger partial charge in [0.1, 0.15) is 0 Å². The van der Waals surface area contributed by atoms with E-state index >= 15 is 0 Å². The first-order valence-electron chi connectivity index (χ1n) is 0. The topological polar surface area (TPSA) is 0 Å². The first kappa shape index (κ1) is 44.0. The predicted octanol–water partition coefficient (Wildman–Crippen LogP) is -0.391. The summed E-state index contributed by atoms with van der Waals surface area (Å²) in [6.45, 7) is 0. The van der Waals surface area contributed by atoms with Crippen LogP contribution in [0.4, 0.5) is 0 Å². The van der Waals surface area contributed by atoms with E-state index in [2.05, 4.69) is 0 Å². The van der Waals surface area contributed by atoms with Gasteiger partial charge >= 0.3 is 0 Å². The summed E-state index contributed by atoms with van der Waals surface area (Å²) in [6.07, 6.45) is 0. The molecule has 5 heteroatoms. The molecule has 0 unspecified atom stereocenters. The number of hydrogen-bond donors (Lipinski definition) is 0. The molecule has 0 bridgehead atoms. The van der Waals surface area contributed by atoms with Crippen molar-refractivity contribution >= 4 is 27.3 Å². The molecule has 0 aliphatic carbocycles. The third-order valence-electron chi connectivity index (χ3n) is 0. The summed E-state index contributed by atoms with van der Waals surface area (Å²) in [7, 11) is 0. The molecule has 0 fully saturated rings. The monoisotopic (exact) mass is 436 g/mol. The molecule has 0 saturated carbocycles. The Morgan fingerprint density at radius 1 is 1.00 bits per heavy atom. The smallest absolute Gasteiger partial charge is 0 e. The maximum Gasteiger partial charge on any atom is 0 e. The van der Waals surface area contributed by atoms with Crippen LogP contribution in [-0.2, 0) is 67.4 Å². The zero-order valence-electron chi connectivity index (χ0n) is 1.88. The molecule has 0 atom stereocenters. The molecule has 0 nitrogen and oxygen atoms in total. The van der Waals surface area contributed by atoms with Gasteiger partial charge in [-0.3, -0.25) is 0 Å². The molecule has 0 heterocycles. The van der Waals surface area contributed by atoms with Crippen molar-refractivity contribution in [1.82, 2.24) is 0 Å². The van der Waals surface area contributed by atoms with Crippen LogP contribution in [0.25, 0.3) is 0 Å². The van der Waals surface area contributed by atoms with Gasteiger partial charge in [-0.25, -0.2) is 0 Å². The molecule has 6 radical (unpaired) electrons. The third kappa shape index (κ3) is 19.5. The van der Waals surface area contributed by atoms with Gasteiger partial charge in [-0.2, -0.15) is 0 Å². The minimum atomic E-state index is 0. The molecule has 0 rings (SSSR count). The summed E-state index contributed by atoms with van der Waals surface area (Å²) in [5.41, 5.74) is 0. The molecular formula is CoFeMnNiPb. The Kier molecular flexibility index (Phi) is 248. The summed E-state index contributed by atoms with van der Waals surface area (Å²) in [6, 6.07) is 0. The van der Waals surface area contributed by atoms with Gasteiger partial charge < -0.3 is 0 Å². The Morgan fingerprint density at radius 2 is 1.00 bits per heavy atom. The van der Waals surface area contributed by atoms with Crippen molar-refractivity contribution in [3.8, 4) is 0 Å². The van der Waals surface area contributed by atoms with Gasteiger partial charge in [0.15, 0.2) is 0 Å². The molecule has 5 heavy (non-hydrogen) atoms. The van der Waals surface area contributed by atoms with E-state index in [1.54, 1.807) is 0 Å². The van der Waals surface area contributed by atoms with Crippen LogP contribution in [0.5, 0.6) is 0 Å². The zero-order valence-corrected chi connectivity index (χ0v) is 10.1. The third-order valence-corrected chi connectivity index (χ3v) is 0. The van der Waals surface area contributed by atoms with Gasteiger partial charge in [-0.1, -0.05) is 0 Å². The second-order valence-electron chi connectivity index (χ2n) is 0. The van der Waals surface area contributed by atoms with Crippen molar-refractivity contribution in [2.75, 3.05) is 0 Å². The molecule has 0 spiro atoms. The van der Waals surface area contributed by atoms with E-state index in [1.807, 2.05) is 0 Å². The maximum atomic E-state index is 0. The van der Waals surface area contributed by atoms with E-state index in [0.717, 1.165) is 0 Å². The Labute approximate surface area is 93.2 Å². The fraction of sp³-hybridized carbons (Fsp3) is 0. The van der Waals surface area contributed by atoms with Gasteiger partial charge in [-0.05, 0) is 0 Å². The molecule has 38 valence electrons. The minimum absolute atomic E-state index is 0. The van der Waals surface area contributed by atoms with Gasteiger partial charge in [0, 0.05) is 94.7 Å². The Bertz CT molecular complexity index is 11.6. The second kappa shape index (κ2) is 28.2. The SMILES string of the molecule is [Co].[Fe].[Mn].[Ni].[Pb]. The Balaban J connectivity index is 0. The van der Waals surface area contributed by atoms with Gasteiger partial charge in [0.2, 0.25) is 0 Å². The Morgan fingerprint density at radius 3 is 1.00 bits per heavy atom. The zero-order chi connectivity index (χ0) is 0. The molecule has 0 aliphatic heterocycles. The van der Waals surface area contributed by atoms with Gasteiger partial charge in [-0.15, -0.1) is 0 Å². The van der Waals surface area contributed by atoms with E-state index in [0.29, 0.717) is 0 Å². The van der Waals surface area contributed by atoms with E-state index in [4.69, 9.17) is 0 Å². The largest absolute Gasteiger partial charge is 0 e. The van der Waals surface area contributed by atoms with Crippen molar-refractivity contribution in [1.29, 1.82) is 0 Å². The van der Waals surface area contributed by atoms with Crippen LogP contribution in [0.2, 0.25) is 0 Å². The van der Waals surface area contributed by atoms with Crippen molar-refractivity contribution in [3.05, 3.63) is 0 Å². The molecule has 0 saturated heterocycles. The average Bonchev–Trinajstić information content (AvgIpc) is 0. The van der Waals surface area contributed by atoms with Crippen LogP contribution < -0.4 is 0 Å². The normalized spacial score (nSPS) is 0. The Hall–Kier alpha value is 2.96. The minimum Gasteiger partial charge on any atom is 0 e. The summed E-state index contributed by atoms with van der Waals surface area (Å²) < 4.78 is 0. The molecule has 0 amide bonds. The fourth-order valence-electron chi connectivity index (χ4n) is 0. The standard InChI is InChI=1S/Co.Fe.Mn.Ni.Pb. The first-order valence-corrected chi connectivity index (χ1v) is 0. The molecule has 0 aromatic carbocycles. The second-order valence-corrected chi connectivity index (χ2v) is 0. The van der Waals surface area contributed by atoms with Gasteiger partial charge in [0.25, 0.3) is 0 Å². The summed E-state index contributed by atoms with van der Waals surface area (Å²) >= 11 is 0. The summed E-state index contributed by atoms with van der Waals surface area (Å²) in [5.74, 6) is 0. The van der Waals surface area contributed by atoms with Crippen molar-refractivity contribution in [2.45, 2.75) is 0 Å². The maximum absolute atomic E-state index is 0. The van der Waals surface area contributed by atoms with Crippen molar-refractivity contribution < 1.29 is 67.4 Å². The number of rotatable bonds is 0. The van der Waals surface area contributed by atoms with E-state index in [-0.39, 0.29) is 94.7 Å². The van der Waals surface area contributed by atoms with E-state index < -0.39 is 0 Å². The summed E-state index contributed by atoms with van der Waals surface area (Å²) in [5, 5.41) is 0. The molecule has 0 aromatic rings. The van der Waals surface area contributed by atoms with Crippen molar-refractivity contribution in [3.63, 3.8) is 0 Å². The van der Waals surface area contributed by atoms with Crippen LogP contribution in [-0.4, -0.2) is 27.3 Å². The van der Waals surface area contributed by atoms with E-state index in [9.17, 15) is 0 Å². The van der Waals surface area contributed by atoms with Crippen LogP contribution >= 0.6 is 0 Å². The van der Waals surface area contributed by atoms with Gasteiger partial charge in [0.05, 0.1) is 0 Å². The fourth-order valence-corrected chi connectivity index (χ4v) is 0. The molecule has 0 N–H and O–H groups in total. The molecule has 0 aromatic heterocycles. The average molecular weight is 436 g/mol. The quantitative estimate of drug-likeness (QED) is 0.455. The molecule has 0 aliphatic rings. The summed E-state index contributed by atoms with van der Waals surface area (Å²) in [4.78, 5) is 0. The van der Waals surface area contributed by atoms with Crippen LogP contribution in [0, 0.1) is 0 Å². The molecular weight excluding hydrogens is 436 g/mol. The van der Waals surface area contributed by atoms with Crippen molar-refractivity contribution in [2.24, 2.45) is 0 Å². The number of hydrogen-bond acceptors (Lipinski definition) is 0. The first-order chi connectivity index (χ1) is 0. The van der Waals surface area contributed by atoms with Crippen LogP contribution in [0.3, 0.4) is 0 Å². The van der Waals surface area contributed by atoms with Crippen LogP contribution in [0.15, 0.2) is 0 Å². The van der Waals surface area contributed by atoms with E-state index in [1.165, 1.54) is 0 Å².